The Balaban J connectivity index is 2.10. The van der Waals surface area contributed by atoms with Crippen molar-refractivity contribution >= 4 is 15.9 Å². The van der Waals surface area contributed by atoms with Crippen LogP contribution in [0, 0.1) is 0 Å². The van der Waals surface area contributed by atoms with Crippen molar-refractivity contribution in [3.05, 3.63) is 28.2 Å². The summed E-state index contributed by atoms with van der Waals surface area (Å²) in [6.07, 6.45) is 3.77. The number of benzene rings is 1. The Kier molecular flexibility index (Phi) is 6.33. The summed E-state index contributed by atoms with van der Waals surface area (Å²) in [5.41, 5.74) is 1.31. The van der Waals surface area contributed by atoms with Crippen LogP contribution in [0.3, 0.4) is 0 Å². The zero-order valence-electron chi connectivity index (χ0n) is 12.5. The molecule has 0 radical (unpaired) electrons. The molecule has 1 saturated heterocycles. The number of methoxy groups -OCH3 is 1. The molecule has 20 heavy (non-hydrogen) atoms. The van der Waals surface area contributed by atoms with E-state index in [2.05, 4.69) is 45.2 Å². The molecule has 1 fully saturated rings. The van der Waals surface area contributed by atoms with Crippen LogP contribution in [0.5, 0.6) is 5.75 Å². The SMILES string of the molecule is CCCN(Cc1cc(OC)ccc1Br)C1CCCNC1. The Hall–Kier alpha value is -0.580. The second kappa shape index (κ2) is 8.01. The number of piperidine rings is 1. The van der Waals surface area contributed by atoms with Crippen LogP contribution in [0.1, 0.15) is 31.7 Å². The molecule has 1 atom stereocenters. The van der Waals surface area contributed by atoms with E-state index in [4.69, 9.17) is 4.74 Å². The zero-order valence-corrected chi connectivity index (χ0v) is 14.1. The molecule has 1 aromatic rings. The van der Waals surface area contributed by atoms with Crippen molar-refractivity contribution in [1.29, 1.82) is 0 Å². The summed E-state index contributed by atoms with van der Waals surface area (Å²) in [5.74, 6) is 0.932. The second-order valence-corrected chi connectivity index (χ2v) is 6.28. The molecule has 1 aliphatic heterocycles. The van der Waals surface area contributed by atoms with Crippen molar-refractivity contribution in [2.75, 3.05) is 26.7 Å². The Morgan fingerprint density at radius 3 is 2.95 bits per heavy atom. The first-order valence-corrected chi connectivity index (χ1v) is 8.31. The van der Waals surface area contributed by atoms with Gasteiger partial charge in [0.1, 0.15) is 5.75 Å². The molecule has 1 aromatic carbocycles. The maximum Gasteiger partial charge on any atom is 0.119 e. The Morgan fingerprint density at radius 1 is 1.45 bits per heavy atom. The van der Waals surface area contributed by atoms with Gasteiger partial charge in [0.05, 0.1) is 7.11 Å². The van der Waals surface area contributed by atoms with Gasteiger partial charge in [-0.1, -0.05) is 22.9 Å². The van der Waals surface area contributed by atoms with Gasteiger partial charge < -0.3 is 10.1 Å². The highest BCUT2D eigenvalue weighted by Crippen LogP contribution is 2.25. The Morgan fingerprint density at radius 2 is 2.30 bits per heavy atom. The van der Waals surface area contributed by atoms with Gasteiger partial charge in [0.15, 0.2) is 0 Å². The summed E-state index contributed by atoms with van der Waals surface area (Å²) in [7, 11) is 1.72. The number of ether oxygens (including phenoxy) is 1. The standard InChI is InChI=1S/C16H25BrN2O/c1-3-9-19(14-5-4-8-18-11-14)12-13-10-15(20-2)6-7-16(13)17/h6-7,10,14,18H,3-5,8-9,11-12H2,1-2H3. The molecule has 1 N–H and O–H groups in total. The van der Waals surface area contributed by atoms with Gasteiger partial charge in [0.2, 0.25) is 0 Å². The summed E-state index contributed by atoms with van der Waals surface area (Å²) in [6, 6.07) is 6.88. The topological polar surface area (TPSA) is 24.5 Å². The van der Waals surface area contributed by atoms with Crippen LogP contribution in [0.4, 0.5) is 0 Å². The molecule has 0 spiro atoms. The lowest BCUT2D eigenvalue weighted by molar-refractivity contribution is 0.157. The minimum absolute atomic E-state index is 0.654. The lowest BCUT2D eigenvalue weighted by Crippen LogP contribution is -2.45. The van der Waals surface area contributed by atoms with Crippen molar-refractivity contribution in [3.8, 4) is 5.75 Å². The smallest absolute Gasteiger partial charge is 0.119 e. The molecule has 2 rings (SSSR count). The first kappa shape index (κ1) is 15.8. The molecule has 4 heteroatoms. The van der Waals surface area contributed by atoms with Crippen LogP contribution in [-0.4, -0.2) is 37.7 Å². The van der Waals surface area contributed by atoms with E-state index in [1.807, 2.05) is 6.07 Å². The lowest BCUT2D eigenvalue weighted by Gasteiger charge is -2.34. The molecule has 1 aliphatic rings. The number of hydrogen-bond donors (Lipinski definition) is 1. The average molecular weight is 341 g/mol. The largest absolute Gasteiger partial charge is 0.497 e. The van der Waals surface area contributed by atoms with Gasteiger partial charge in [-0.15, -0.1) is 0 Å². The number of rotatable bonds is 6. The first-order valence-electron chi connectivity index (χ1n) is 7.51. The fourth-order valence-corrected chi connectivity index (χ4v) is 3.21. The van der Waals surface area contributed by atoms with Crippen molar-refractivity contribution in [2.45, 2.75) is 38.8 Å². The van der Waals surface area contributed by atoms with Gasteiger partial charge in [-0.3, -0.25) is 4.90 Å². The van der Waals surface area contributed by atoms with E-state index < -0.39 is 0 Å². The second-order valence-electron chi connectivity index (χ2n) is 5.43. The molecular weight excluding hydrogens is 316 g/mol. The normalized spacial score (nSPS) is 19.3. The third-order valence-electron chi connectivity index (χ3n) is 3.92. The van der Waals surface area contributed by atoms with Crippen LogP contribution < -0.4 is 10.1 Å². The third kappa shape index (κ3) is 4.21. The highest BCUT2D eigenvalue weighted by atomic mass is 79.9. The zero-order chi connectivity index (χ0) is 14.4. The van der Waals surface area contributed by atoms with Gasteiger partial charge in [-0.05, 0) is 56.1 Å². The first-order chi connectivity index (χ1) is 9.74. The molecule has 0 bridgehead atoms. The Bertz CT molecular complexity index is 419. The van der Waals surface area contributed by atoms with E-state index in [0.29, 0.717) is 6.04 Å². The minimum atomic E-state index is 0.654. The molecule has 3 nitrogen and oxygen atoms in total. The van der Waals surface area contributed by atoms with Gasteiger partial charge in [0.25, 0.3) is 0 Å². The number of halogens is 1. The molecule has 1 unspecified atom stereocenters. The summed E-state index contributed by atoms with van der Waals surface area (Å²) >= 11 is 3.67. The predicted octanol–water partition coefficient (Wildman–Crippen LogP) is 3.42. The van der Waals surface area contributed by atoms with Crippen molar-refractivity contribution in [2.24, 2.45) is 0 Å². The van der Waals surface area contributed by atoms with E-state index in [-0.39, 0.29) is 0 Å². The number of nitrogens with one attached hydrogen (secondary N) is 1. The van der Waals surface area contributed by atoms with Crippen LogP contribution in [0.2, 0.25) is 0 Å². The molecule has 112 valence electrons. The minimum Gasteiger partial charge on any atom is -0.497 e. The van der Waals surface area contributed by atoms with Gasteiger partial charge in [-0.25, -0.2) is 0 Å². The fraction of sp³-hybridized carbons (Fsp3) is 0.625. The maximum atomic E-state index is 5.35. The highest BCUT2D eigenvalue weighted by Gasteiger charge is 2.21. The van der Waals surface area contributed by atoms with E-state index in [1.54, 1.807) is 7.11 Å². The quantitative estimate of drug-likeness (QED) is 0.858. The number of nitrogens with zero attached hydrogens (tertiary/aromatic N) is 1. The lowest BCUT2D eigenvalue weighted by atomic mass is 10.0. The summed E-state index contributed by atoms with van der Waals surface area (Å²) in [6.45, 7) is 6.67. The van der Waals surface area contributed by atoms with Crippen LogP contribution in [-0.2, 0) is 6.54 Å². The van der Waals surface area contributed by atoms with Crippen LogP contribution >= 0.6 is 15.9 Å². The third-order valence-corrected chi connectivity index (χ3v) is 4.70. The molecule has 0 amide bonds. The Labute approximate surface area is 130 Å². The molecular formula is C16H25BrN2O. The molecule has 1 heterocycles. The fourth-order valence-electron chi connectivity index (χ4n) is 2.84. The maximum absolute atomic E-state index is 5.35. The highest BCUT2D eigenvalue weighted by molar-refractivity contribution is 9.10. The van der Waals surface area contributed by atoms with Crippen LogP contribution in [0.25, 0.3) is 0 Å². The van der Waals surface area contributed by atoms with E-state index in [0.717, 1.165) is 25.4 Å². The van der Waals surface area contributed by atoms with E-state index >= 15 is 0 Å². The van der Waals surface area contributed by atoms with Gasteiger partial charge in [-0.2, -0.15) is 0 Å². The molecule has 0 aliphatic carbocycles. The average Bonchev–Trinajstić information content (AvgIpc) is 2.49. The van der Waals surface area contributed by atoms with E-state index in [9.17, 15) is 0 Å². The molecule has 0 saturated carbocycles. The van der Waals surface area contributed by atoms with Gasteiger partial charge >= 0.3 is 0 Å². The predicted molar refractivity (Wildman–Crippen MR) is 87.3 cm³/mol. The summed E-state index contributed by atoms with van der Waals surface area (Å²) in [5, 5.41) is 3.52. The van der Waals surface area contributed by atoms with Crippen molar-refractivity contribution in [3.63, 3.8) is 0 Å². The van der Waals surface area contributed by atoms with E-state index in [1.165, 1.54) is 35.8 Å². The van der Waals surface area contributed by atoms with Crippen molar-refractivity contribution < 1.29 is 4.74 Å². The molecule has 0 aromatic heterocycles. The summed E-state index contributed by atoms with van der Waals surface area (Å²) in [4.78, 5) is 2.60. The van der Waals surface area contributed by atoms with Crippen molar-refractivity contribution in [1.82, 2.24) is 10.2 Å². The van der Waals surface area contributed by atoms with Crippen LogP contribution in [0.15, 0.2) is 22.7 Å². The number of hydrogen-bond acceptors (Lipinski definition) is 3. The monoisotopic (exact) mass is 340 g/mol. The summed E-state index contributed by atoms with van der Waals surface area (Å²) < 4.78 is 6.51. The van der Waals surface area contributed by atoms with Gasteiger partial charge in [0, 0.05) is 23.6 Å².